The van der Waals surface area contributed by atoms with Crippen molar-refractivity contribution in [3.05, 3.63) is 47.8 Å². The highest BCUT2D eigenvalue weighted by molar-refractivity contribution is 6.04. The molecule has 0 bridgehead atoms. The standard InChI is InChI=1S/C15H18N4O2/c1-18(2)15(21)10-5-4-6-12(7-10)17-14(20)13-8-11(16)9-19(13)3/h4-9H,16H2,1-3H3,(H,17,20). The third kappa shape index (κ3) is 3.22. The van der Waals surface area contributed by atoms with Gasteiger partial charge in [-0.25, -0.2) is 0 Å². The summed E-state index contributed by atoms with van der Waals surface area (Å²) in [4.78, 5) is 25.6. The van der Waals surface area contributed by atoms with Gasteiger partial charge in [0.2, 0.25) is 0 Å². The van der Waals surface area contributed by atoms with Gasteiger partial charge in [0.05, 0.1) is 5.69 Å². The van der Waals surface area contributed by atoms with Gasteiger partial charge in [0, 0.05) is 38.6 Å². The number of amides is 2. The minimum Gasteiger partial charge on any atom is -0.397 e. The smallest absolute Gasteiger partial charge is 0.272 e. The average molecular weight is 286 g/mol. The molecule has 6 heteroatoms. The number of hydrogen-bond acceptors (Lipinski definition) is 3. The van der Waals surface area contributed by atoms with Gasteiger partial charge >= 0.3 is 0 Å². The lowest BCUT2D eigenvalue weighted by atomic mass is 10.2. The zero-order valence-corrected chi connectivity index (χ0v) is 12.3. The minimum absolute atomic E-state index is 0.116. The summed E-state index contributed by atoms with van der Waals surface area (Å²) in [5, 5.41) is 2.76. The number of nitrogens with one attached hydrogen (secondary N) is 1. The third-order valence-electron chi connectivity index (χ3n) is 3.03. The molecule has 2 rings (SSSR count). The molecule has 0 unspecified atom stereocenters. The van der Waals surface area contributed by atoms with Crippen LogP contribution in [0, 0.1) is 0 Å². The number of benzene rings is 1. The lowest BCUT2D eigenvalue weighted by molar-refractivity contribution is 0.0827. The molecule has 0 fully saturated rings. The first kappa shape index (κ1) is 14.6. The zero-order chi connectivity index (χ0) is 15.6. The number of carbonyl (C=O) groups is 2. The number of nitrogens with zero attached hydrogens (tertiary/aromatic N) is 2. The molecule has 6 nitrogen and oxygen atoms in total. The van der Waals surface area contributed by atoms with Crippen molar-refractivity contribution in [2.45, 2.75) is 0 Å². The SMILES string of the molecule is CN(C)C(=O)c1cccc(NC(=O)c2cc(N)cn2C)c1. The van der Waals surface area contributed by atoms with E-state index in [0.29, 0.717) is 22.6 Å². The molecule has 0 aliphatic heterocycles. The molecule has 21 heavy (non-hydrogen) atoms. The van der Waals surface area contributed by atoms with E-state index in [1.165, 1.54) is 4.90 Å². The third-order valence-corrected chi connectivity index (χ3v) is 3.03. The Morgan fingerprint density at radius 3 is 2.52 bits per heavy atom. The fourth-order valence-electron chi connectivity index (χ4n) is 2.00. The zero-order valence-electron chi connectivity index (χ0n) is 12.3. The normalized spacial score (nSPS) is 10.2. The van der Waals surface area contributed by atoms with Gasteiger partial charge < -0.3 is 20.5 Å². The van der Waals surface area contributed by atoms with E-state index in [9.17, 15) is 9.59 Å². The minimum atomic E-state index is -0.274. The van der Waals surface area contributed by atoms with Crippen molar-refractivity contribution < 1.29 is 9.59 Å². The molecule has 1 aromatic carbocycles. The summed E-state index contributed by atoms with van der Waals surface area (Å²) >= 11 is 0. The fraction of sp³-hybridized carbons (Fsp3) is 0.200. The monoisotopic (exact) mass is 286 g/mol. The van der Waals surface area contributed by atoms with E-state index in [1.54, 1.807) is 62.2 Å². The van der Waals surface area contributed by atoms with Crippen LogP contribution in [0.1, 0.15) is 20.8 Å². The Kier molecular flexibility index (Phi) is 3.98. The van der Waals surface area contributed by atoms with Crippen molar-refractivity contribution in [3.8, 4) is 0 Å². The molecule has 110 valence electrons. The molecule has 0 aliphatic carbocycles. The van der Waals surface area contributed by atoms with E-state index >= 15 is 0 Å². The maximum absolute atomic E-state index is 12.2. The van der Waals surface area contributed by atoms with Crippen molar-refractivity contribution in [2.24, 2.45) is 7.05 Å². The van der Waals surface area contributed by atoms with Crippen molar-refractivity contribution in [1.29, 1.82) is 0 Å². The molecule has 1 aromatic heterocycles. The highest BCUT2D eigenvalue weighted by Crippen LogP contribution is 2.15. The number of rotatable bonds is 3. The highest BCUT2D eigenvalue weighted by Gasteiger charge is 2.13. The second-order valence-electron chi connectivity index (χ2n) is 5.00. The first-order valence-electron chi connectivity index (χ1n) is 6.43. The summed E-state index contributed by atoms with van der Waals surface area (Å²) in [6.45, 7) is 0. The number of nitrogen functional groups attached to an aromatic ring is 1. The van der Waals surface area contributed by atoms with E-state index in [4.69, 9.17) is 5.73 Å². The van der Waals surface area contributed by atoms with Crippen LogP contribution in [0.5, 0.6) is 0 Å². The Balaban J connectivity index is 2.20. The molecule has 2 aromatic rings. The average Bonchev–Trinajstić information content (AvgIpc) is 2.77. The molecule has 0 radical (unpaired) electrons. The lowest BCUT2D eigenvalue weighted by Gasteiger charge is -2.11. The molecule has 1 heterocycles. The highest BCUT2D eigenvalue weighted by atomic mass is 16.2. The Bertz CT molecular complexity index is 689. The van der Waals surface area contributed by atoms with Gasteiger partial charge in [0.15, 0.2) is 0 Å². The predicted octanol–water partition coefficient (Wildman–Crippen LogP) is 1.56. The maximum atomic E-state index is 12.2. The fourth-order valence-corrected chi connectivity index (χ4v) is 2.00. The molecular formula is C15H18N4O2. The number of aryl methyl sites for hydroxylation is 1. The van der Waals surface area contributed by atoms with E-state index in [-0.39, 0.29) is 11.8 Å². The van der Waals surface area contributed by atoms with Gasteiger partial charge in [0.1, 0.15) is 5.69 Å². The Morgan fingerprint density at radius 1 is 1.24 bits per heavy atom. The molecule has 0 spiro atoms. The second kappa shape index (κ2) is 5.70. The van der Waals surface area contributed by atoms with Gasteiger partial charge in [-0.15, -0.1) is 0 Å². The first-order valence-corrected chi connectivity index (χ1v) is 6.43. The molecule has 2 amide bonds. The number of aromatic nitrogens is 1. The Hall–Kier alpha value is -2.76. The van der Waals surface area contributed by atoms with E-state index in [2.05, 4.69) is 5.32 Å². The largest absolute Gasteiger partial charge is 0.397 e. The van der Waals surface area contributed by atoms with Crippen LogP contribution in [0.2, 0.25) is 0 Å². The van der Waals surface area contributed by atoms with Crippen LogP contribution in [-0.4, -0.2) is 35.4 Å². The quantitative estimate of drug-likeness (QED) is 0.898. The van der Waals surface area contributed by atoms with Gasteiger partial charge in [0.25, 0.3) is 11.8 Å². The van der Waals surface area contributed by atoms with Gasteiger partial charge in [-0.1, -0.05) is 6.07 Å². The van der Waals surface area contributed by atoms with Crippen molar-refractivity contribution in [1.82, 2.24) is 9.47 Å². The summed E-state index contributed by atoms with van der Waals surface area (Å²) in [6.07, 6.45) is 1.67. The van der Waals surface area contributed by atoms with Gasteiger partial charge in [-0.2, -0.15) is 0 Å². The Morgan fingerprint density at radius 2 is 1.95 bits per heavy atom. The summed E-state index contributed by atoms with van der Waals surface area (Å²) in [7, 11) is 5.11. The van der Waals surface area contributed by atoms with E-state index in [0.717, 1.165) is 0 Å². The van der Waals surface area contributed by atoms with Gasteiger partial charge in [-0.3, -0.25) is 9.59 Å². The van der Waals surface area contributed by atoms with E-state index in [1.807, 2.05) is 0 Å². The molecule has 0 aliphatic rings. The summed E-state index contributed by atoms with van der Waals surface area (Å²) in [6, 6.07) is 8.41. The molecular weight excluding hydrogens is 268 g/mol. The van der Waals surface area contributed by atoms with Crippen molar-refractivity contribution in [2.75, 3.05) is 25.1 Å². The number of carbonyl (C=O) groups excluding carboxylic acids is 2. The summed E-state index contributed by atoms with van der Waals surface area (Å²) in [5.41, 5.74) is 7.72. The van der Waals surface area contributed by atoms with Crippen molar-refractivity contribution >= 4 is 23.2 Å². The van der Waals surface area contributed by atoms with Crippen LogP contribution in [0.25, 0.3) is 0 Å². The molecule has 0 saturated carbocycles. The molecule has 3 N–H and O–H groups in total. The van der Waals surface area contributed by atoms with Crippen LogP contribution in [0.4, 0.5) is 11.4 Å². The van der Waals surface area contributed by atoms with Crippen LogP contribution < -0.4 is 11.1 Å². The number of anilines is 2. The van der Waals surface area contributed by atoms with Crippen LogP contribution in [0.15, 0.2) is 36.5 Å². The van der Waals surface area contributed by atoms with Gasteiger partial charge in [-0.05, 0) is 24.3 Å². The number of nitrogens with two attached hydrogens (primary N) is 1. The maximum Gasteiger partial charge on any atom is 0.272 e. The van der Waals surface area contributed by atoms with Crippen molar-refractivity contribution in [3.63, 3.8) is 0 Å². The first-order chi connectivity index (χ1) is 9.88. The van der Waals surface area contributed by atoms with Crippen LogP contribution in [-0.2, 0) is 7.05 Å². The molecule has 0 atom stereocenters. The second-order valence-corrected chi connectivity index (χ2v) is 5.00. The predicted molar refractivity (Wildman–Crippen MR) is 82.2 cm³/mol. The Labute approximate surface area is 123 Å². The summed E-state index contributed by atoms with van der Waals surface area (Å²) < 4.78 is 1.65. The lowest BCUT2D eigenvalue weighted by Crippen LogP contribution is -2.22. The van der Waals surface area contributed by atoms with Crippen LogP contribution >= 0.6 is 0 Å². The van der Waals surface area contributed by atoms with E-state index < -0.39 is 0 Å². The molecule has 0 saturated heterocycles. The topological polar surface area (TPSA) is 80.4 Å². The number of hydrogen-bond donors (Lipinski definition) is 2. The summed E-state index contributed by atoms with van der Waals surface area (Å²) in [5.74, 6) is -0.391. The van der Waals surface area contributed by atoms with Crippen LogP contribution in [0.3, 0.4) is 0 Å².